The fourth-order valence-electron chi connectivity index (χ4n) is 2.12. The Bertz CT molecular complexity index is 824. The molecule has 0 atom stereocenters. The van der Waals surface area contributed by atoms with Crippen LogP contribution in [-0.2, 0) is 0 Å². The molecule has 0 saturated carbocycles. The summed E-state index contributed by atoms with van der Waals surface area (Å²) in [6.45, 7) is 0. The van der Waals surface area contributed by atoms with Crippen molar-refractivity contribution >= 4 is 23.2 Å². The lowest BCUT2D eigenvalue weighted by molar-refractivity contribution is 0.0997. The Morgan fingerprint density at radius 2 is 1.87 bits per heavy atom. The molecule has 0 radical (unpaired) electrons. The molecule has 0 bridgehead atoms. The van der Waals surface area contributed by atoms with Gasteiger partial charge in [0.05, 0.1) is 7.11 Å². The molecule has 0 unspecified atom stereocenters. The summed E-state index contributed by atoms with van der Waals surface area (Å²) in [5, 5.41) is 3.39. The maximum Gasteiger partial charge on any atom is 0.291 e. The normalized spacial score (nSPS) is 10.3. The number of rotatable bonds is 4. The molecule has 3 aromatic rings. The molecule has 1 amide bonds. The van der Waals surface area contributed by atoms with Gasteiger partial charge in [-0.05, 0) is 48.5 Å². The fraction of sp³-hybridized carbons (Fsp3) is 0.0556. The van der Waals surface area contributed by atoms with Crippen LogP contribution in [0.3, 0.4) is 0 Å². The van der Waals surface area contributed by atoms with Crippen molar-refractivity contribution in [3.63, 3.8) is 0 Å². The summed E-state index contributed by atoms with van der Waals surface area (Å²) in [5.74, 6) is 1.23. The highest BCUT2D eigenvalue weighted by atomic mass is 35.5. The number of benzene rings is 2. The van der Waals surface area contributed by atoms with E-state index in [0.29, 0.717) is 16.5 Å². The largest absolute Gasteiger partial charge is 0.497 e. The zero-order valence-corrected chi connectivity index (χ0v) is 13.1. The number of carbonyl (C=O) groups excluding carboxylic acids is 1. The molecule has 0 aliphatic heterocycles. The number of nitrogens with one attached hydrogen (secondary N) is 1. The molecule has 0 aliphatic carbocycles. The van der Waals surface area contributed by atoms with Gasteiger partial charge in [0.25, 0.3) is 5.91 Å². The number of furan rings is 1. The maximum absolute atomic E-state index is 12.2. The average molecular weight is 328 g/mol. The second-order valence-electron chi connectivity index (χ2n) is 4.86. The van der Waals surface area contributed by atoms with Gasteiger partial charge >= 0.3 is 0 Å². The quantitative estimate of drug-likeness (QED) is 0.744. The first-order valence-electron chi connectivity index (χ1n) is 6.97. The van der Waals surface area contributed by atoms with Gasteiger partial charge in [-0.15, -0.1) is 0 Å². The first kappa shape index (κ1) is 15.2. The molecule has 1 N–H and O–H groups in total. The number of hydrogen-bond donors (Lipinski definition) is 1. The lowest BCUT2D eigenvalue weighted by Crippen LogP contribution is -2.10. The third-order valence-electron chi connectivity index (χ3n) is 3.29. The van der Waals surface area contributed by atoms with Crippen molar-refractivity contribution in [1.29, 1.82) is 0 Å². The van der Waals surface area contributed by atoms with Gasteiger partial charge in [0.1, 0.15) is 11.5 Å². The minimum atomic E-state index is -0.316. The molecule has 116 valence electrons. The first-order valence-corrected chi connectivity index (χ1v) is 7.35. The van der Waals surface area contributed by atoms with Crippen molar-refractivity contribution in [3.8, 4) is 17.1 Å². The second kappa shape index (κ2) is 6.58. The van der Waals surface area contributed by atoms with E-state index in [1.54, 1.807) is 55.6 Å². The molecule has 1 aromatic heterocycles. The summed E-state index contributed by atoms with van der Waals surface area (Å²) in [6, 6.07) is 17.7. The SMILES string of the molecule is COc1ccc(NC(=O)c2ccc(-c3cccc(Cl)c3)o2)cc1. The van der Waals surface area contributed by atoms with Crippen LogP contribution in [-0.4, -0.2) is 13.0 Å². The lowest BCUT2D eigenvalue weighted by atomic mass is 10.2. The Morgan fingerprint density at radius 3 is 2.57 bits per heavy atom. The summed E-state index contributed by atoms with van der Waals surface area (Å²) in [7, 11) is 1.59. The van der Waals surface area contributed by atoms with E-state index in [1.807, 2.05) is 12.1 Å². The Balaban J connectivity index is 1.75. The van der Waals surface area contributed by atoms with Crippen LogP contribution in [0.25, 0.3) is 11.3 Å². The summed E-state index contributed by atoms with van der Waals surface area (Å²) < 4.78 is 10.7. The van der Waals surface area contributed by atoms with Crippen LogP contribution < -0.4 is 10.1 Å². The molecule has 0 saturated heterocycles. The summed E-state index contributed by atoms with van der Waals surface area (Å²) in [4.78, 5) is 12.2. The molecule has 2 aromatic carbocycles. The number of carbonyl (C=O) groups is 1. The van der Waals surface area contributed by atoms with E-state index in [2.05, 4.69) is 5.32 Å². The summed E-state index contributed by atoms with van der Waals surface area (Å²) in [5.41, 5.74) is 1.48. The Hall–Kier alpha value is -2.72. The highest BCUT2D eigenvalue weighted by molar-refractivity contribution is 6.30. The van der Waals surface area contributed by atoms with Gasteiger partial charge in [0.2, 0.25) is 0 Å². The van der Waals surface area contributed by atoms with Gasteiger partial charge in [-0.1, -0.05) is 23.7 Å². The Labute approximate surface area is 138 Å². The van der Waals surface area contributed by atoms with E-state index in [9.17, 15) is 4.79 Å². The van der Waals surface area contributed by atoms with E-state index in [4.69, 9.17) is 20.8 Å². The predicted octanol–water partition coefficient (Wildman–Crippen LogP) is 4.86. The van der Waals surface area contributed by atoms with Crippen molar-refractivity contribution in [2.75, 3.05) is 12.4 Å². The monoisotopic (exact) mass is 327 g/mol. The first-order chi connectivity index (χ1) is 11.2. The fourth-order valence-corrected chi connectivity index (χ4v) is 2.31. The molecular formula is C18H14ClNO3. The minimum absolute atomic E-state index is 0.232. The van der Waals surface area contributed by atoms with E-state index < -0.39 is 0 Å². The molecular weight excluding hydrogens is 314 g/mol. The van der Waals surface area contributed by atoms with Crippen molar-refractivity contribution < 1.29 is 13.9 Å². The van der Waals surface area contributed by atoms with Crippen molar-refractivity contribution in [2.45, 2.75) is 0 Å². The third kappa shape index (κ3) is 3.55. The van der Waals surface area contributed by atoms with E-state index in [-0.39, 0.29) is 11.7 Å². The molecule has 0 aliphatic rings. The number of anilines is 1. The van der Waals surface area contributed by atoms with Crippen molar-refractivity contribution in [2.24, 2.45) is 0 Å². The predicted molar refractivity (Wildman–Crippen MR) is 90.1 cm³/mol. The number of ether oxygens (including phenoxy) is 1. The van der Waals surface area contributed by atoms with Crippen LogP contribution in [0.4, 0.5) is 5.69 Å². The van der Waals surface area contributed by atoms with E-state index in [0.717, 1.165) is 11.3 Å². The highest BCUT2D eigenvalue weighted by Gasteiger charge is 2.12. The zero-order chi connectivity index (χ0) is 16.2. The van der Waals surface area contributed by atoms with Crippen LogP contribution in [0.1, 0.15) is 10.6 Å². The summed E-state index contributed by atoms with van der Waals surface area (Å²) >= 11 is 5.96. The minimum Gasteiger partial charge on any atom is -0.497 e. The van der Waals surface area contributed by atoms with Crippen LogP contribution in [0.2, 0.25) is 5.02 Å². The zero-order valence-electron chi connectivity index (χ0n) is 12.4. The standard InChI is InChI=1S/C18H14ClNO3/c1-22-15-7-5-14(6-8-15)20-18(21)17-10-9-16(23-17)12-3-2-4-13(19)11-12/h2-11H,1H3,(H,20,21). The Morgan fingerprint density at radius 1 is 1.09 bits per heavy atom. The molecule has 3 rings (SSSR count). The van der Waals surface area contributed by atoms with E-state index >= 15 is 0 Å². The van der Waals surface area contributed by atoms with Gasteiger partial charge < -0.3 is 14.5 Å². The van der Waals surface area contributed by atoms with Crippen molar-refractivity contribution in [1.82, 2.24) is 0 Å². The lowest BCUT2D eigenvalue weighted by Gasteiger charge is -2.04. The molecule has 0 fully saturated rings. The maximum atomic E-state index is 12.2. The number of amides is 1. The molecule has 0 spiro atoms. The van der Waals surface area contributed by atoms with Crippen LogP contribution >= 0.6 is 11.6 Å². The molecule has 1 heterocycles. The van der Waals surface area contributed by atoms with Crippen LogP contribution in [0.15, 0.2) is 65.1 Å². The van der Waals surface area contributed by atoms with Gasteiger partial charge in [-0.2, -0.15) is 0 Å². The Kier molecular flexibility index (Phi) is 4.35. The number of halogens is 1. The second-order valence-corrected chi connectivity index (χ2v) is 5.29. The number of methoxy groups -OCH3 is 1. The van der Waals surface area contributed by atoms with Crippen LogP contribution in [0, 0.1) is 0 Å². The van der Waals surface area contributed by atoms with Crippen molar-refractivity contribution in [3.05, 3.63) is 71.4 Å². The highest BCUT2D eigenvalue weighted by Crippen LogP contribution is 2.25. The molecule has 5 heteroatoms. The van der Waals surface area contributed by atoms with Crippen LogP contribution in [0.5, 0.6) is 5.75 Å². The number of hydrogen-bond acceptors (Lipinski definition) is 3. The van der Waals surface area contributed by atoms with Gasteiger partial charge in [-0.25, -0.2) is 0 Å². The smallest absolute Gasteiger partial charge is 0.291 e. The topological polar surface area (TPSA) is 51.5 Å². The van der Waals surface area contributed by atoms with Gasteiger partial charge in [0.15, 0.2) is 5.76 Å². The summed E-state index contributed by atoms with van der Waals surface area (Å²) in [6.07, 6.45) is 0. The average Bonchev–Trinajstić information content (AvgIpc) is 3.06. The van der Waals surface area contributed by atoms with Gasteiger partial charge in [-0.3, -0.25) is 4.79 Å². The third-order valence-corrected chi connectivity index (χ3v) is 3.52. The van der Waals surface area contributed by atoms with E-state index in [1.165, 1.54) is 0 Å². The molecule has 23 heavy (non-hydrogen) atoms. The van der Waals surface area contributed by atoms with Gasteiger partial charge in [0, 0.05) is 16.3 Å². The molecule has 4 nitrogen and oxygen atoms in total.